The fourth-order valence-electron chi connectivity index (χ4n) is 1.72. The molecule has 2 aromatic rings. The SMILES string of the molecule is Cc1ccc(C(C)NS(=O)(=O)c2ccc(N)c(F)c2)o1. The third-order valence-corrected chi connectivity index (χ3v) is 4.34. The van der Waals surface area contributed by atoms with Crippen LogP contribution in [0.2, 0.25) is 0 Å². The Balaban J connectivity index is 2.24. The number of rotatable bonds is 4. The van der Waals surface area contributed by atoms with Crippen LogP contribution in [-0.4, -0.2) is 8.42 Å². The largest absolute Gasteiger partial charge is 0.465 e. The molecular formula is C13H15FN2O3S. The Morgan fingerprint density at radius 3 is 2.55 bits per heavy atom. The van der Waals surface area contributed by atoms with Gasteiger partial charge < -0.3 is 10.2 Å². The molecular weight excluding hydrogens is 283 g/mol. The highest BCUT2D eigenvalue weighted by atomic mass is 32.2. The van der Waals surface area contributed by atoms with Crippen molar-refractivity contribution in [3.63, 3.8) is 0 Å². The molecule has 1 heterocycles. The Morgan fingerprint density at radius 2 is 2.00 bits per heavy atom. The van der Waals surface area contributed by atoms with E-state index in [0.29, 0.717) is 11.5 Å². The quantitative estimate of drug-likeness (QED) is 0.848. The van der Waals surface area contributed by atoms with Crippen molar-refractivity contribution in [3.05, 3.63) is 47.7 Å². The number of nitrogen functional groups attached to an aromatic ring is 1. The van der Waals surface area contributed by atoms with Crippen molar-refractivity contribution in [2.75, 3.05) is 5.73 Å². The monoisotopic (exact) mass is 298 g/mol. The van der Waals surface area contributed by atoms with Gasteiger partial charge in [0, 0.05) is 0 Å². The lowest BCUT2D eigenvalue weighted by atomic mass is 10.3. The maximum atomic E-state index is 13.3. The molecule has 0 saturated heterocycles. The molecule has 1 aromatic heterocycles. The van der Waals surface area contributed by atoms with Crippen molar-refractivity contribution < 1.29 is 17.2 Å². The zero-order chi connectivity index (χ0) is 14.9. The molecule has 0 aliphatic heterocycles. The lowest BCUT2D eigenvalue weighted by Crippen LogP contribution is -2.26. The van der Waals surface area contributed by atoms with Crippen molar-refractivity contribution in [2.24, 2.45) is 0 Å². The minimum Gasteiger partial charge on any atom is -0.465 e. The summed E-state index contributed by atoms with van der Waals surface area (Å²) >= 11 is 0. The van der Waals surface area contributed by atoms with Gasteiger partial charge in [0.1, 0.15) is 17.3 Å². The highest BCUT2D eigenvalue weighted by Gasteiger charge is 2.21. The van der Waals surface area contributed by atoms with Crippen LogP contribution < -0.4 is 10.5 Å². The van der Waals surface area contributed by atoms with Crippen molar-refractivity contribution in [3.8, 4) is 0 Å². The molecule has 2 rings (SSSR count). The normalized spacial score (nSPS) is 13.3. The van der Waals surface area contributed by atoms with E-state index in [9.17, 15) is 12.8 Å². The van der Waals surface area contributed by atoms with Crippen LogP contribution >= 0.6 is 0 Å². The highest BCUT2D eigenvalue weighted by molar-refractivity contribution is 7.89. The van der Waals surface area contributed by atoms with Gasteiger partial charge in [-0.2, -0.15) is 0 Å². The summed E-state index contributed by atoms with van der Waals surface area (Å²) in [6.45, 7) is 3.41. The smallest absolute Gasteiger partial charge is 0.241 e. The molecule has 0 aliphatic carbocycles. The van der Waals surface area contributed by atoms with Crippen LogP contribution in [0.4, 0.5) is 10.1 Å². The molecule has 0 radical (unpaired) electrons. The fraction of sp³-hybridized carbons (Fsp3) is 0.231. The molecule has 1 atom stereocenters. The number of hydrogen-bond acceptors (Lipinski definition) is 4. The van der Waals surface area contributed by atoms with Gasteiger partial charge in [0.05, 0.1) is 16.6 Å². The molecule has 20 heavy (non-hydrogen) atoms. The van der Waals surface area contributed by atoms with Crippen LogP contribution in [-0.2, 0) is 10.0 Å². The van der Waals surface area contributed by atoms with Gasteiger partial charge in [-0.3, -0.25) is 0 Å². The number of anilines is 1. The summed E-state index contributed by atoms with van der Waals surface area (Å²) in [5, 5.41) is 0. The summed E-state index contributed by atoms with van der Waals surface area (Å²) in [6, 6.07) is 6.22. The molecule has 0 amide bonds. The zero-order valence-corrected chi connectivity index (χ0v) is 11.9. The van der Waals surface area contributed by atoms with Crippen molar-refractivity contribution >= 4 is 15.7 Å². The Kier molecular flexibility index (Phi) is 3.82. The van der Waals surface area contributed by atoms with E-state index in [4.69, 9.17) is 10.2 Å². The Morgan fingerprint density at radius 1 is 1.30 bits per heavy atom. The second-order valence-electron chi connectivity index (χ2n) is 4.47. The van der Waals surface area contributed by atoms with E-state index in [-0.39, 0.29) is 10.6 Å². The van der Waals surface area contributed by atoms with Gasteiger partial charge >= 0.3 is 0 Å². The molecule has 5 nitrogen and oxygen atoms in total. The number of sulfonamides is 1. The van der Waals surface area contributed by atoms with Crippen molar-refractivity contribution in [1.82, 2.24) is 4.72 Å². The Hall–Kier alpha value is -1.86. The van der Waals surface area contributed by atoms with Crippen LogP contribution in [0.3, 0.4) is 0 Å². The summed E-state index contributed by atoms with van der Waals surface area (Å²) in [5.74, 6) is 0.404. The standard InChI is InChI=1S/C13H15FN2O3S/c1-8-3-6-13(19-8)9(2)16-20(17,18)10-4-5-12(15)11(14)7-10/h3-7,9,16H,15H2,1-2H3. The first-order chi connectivity index (χ1) is 9.29. The molecule has 108 valence electrons. The Labute approximate surface area is 116 Å². The molecule has 3 N–H and O–H groups in total. The van der Waals surface area contributed by atoms with E-state index in [1.165, 1.54) is 12.1 Å². The zero-order valence-electron chi connectivity index (χ0n) is 11.1. The van der Waals surface area contributed by atoms with E-state index in [1.54, 1.807) is 26.0 Å². The van der Waals surface area contributed by atoms with Gasteiger partial charge in [-0.1, -0.05) is 0 Å². The maximum Gasteiger partial charge on any atom is 0.241 e. The first kappa shape index (κ1) is 14.5. The lowest BCUT2D eigenvalue weighted by Gasteiger charge is -2.12. The summed E-state index contributed by atoms with van der Waals surface area (Å²) < 4.78 is 45.4. The molecule has 0 saturated carbocycles. The van der Waals surface area contributed by atoms with Gasteiger partial charge in [-0.25, -0.2) is 17.5 Å². The molecule has 1 aromatic carbocycles. The second kappa shape index (κ2) is 5.26. The van der Waals surface area contributed by atoms with Gasteiger partial charge in [-0.15, -0.1) is 0 Å². The third kappa shape index (κ3) is 3.00. The first-order valence-corrected chi connectivity index (χ1v) is 7.41. The van der Waals surface area contributed by atoms with Gasteiger partial charge in [0.15, 0.2) is 0 Å². The van der Waals surface area contributed by atoms with E-state index < -0.39 is 21.9 Å². The second-order valence-corrected chi connectivity index (χ2v) is 6.19. The van der Waals surface area contributed by atoms with Crippen LogP contribution in [0, 0.1) is 12.7 Å². The molecule has 0 fully saturated rings. The van der Waals surface area contributed by atoms with Crippen LogP contribution in [0.1, 0.15) is 24.5 Å². The minimum atomic E-state index is -3.84. The summed E-state index contributed by atoms with van der Waals surface area (Å²) in [6.07, 6.45) is 0. The summed E-state index contributed by atoms with van der Waals surface area (Å²) in [7, 11) is -3.84. The topological polar surface area (TPSA) is 85.3 Å². The van der Waals surface area contributed by atoms with Crippen LogP contribution in [0.15, 0.2) is 39.6 Å². The van der Waals surface area contributed by atoms with E-state index in [1.807, 2.05) is 0 Å². The Bertz CT molecular complexity index is 725. The predicted molar refractivity (Wildman–Crippen MR) is 73.0 cm³/mol. The molecule has 1 unspecified atom stereocenters. The number of halogens is 1. The van der Waals surface area contributed by atoms with Crippen molar-refractivity contribution in [1.29, 1.82) is 0 Å². The summed E-state index contributed by atoms with van der Waals surface area (Å²) in [4.78, 5) is -0.181. The van der Waals surface area contributed by atoms with Gasteiger partial charge in [-0.05, 0) is 44.2 Å². The van der Waals surface area contributed by atoms with Gasteiger partial charge in [0.2, 0.25) is 10.0 Å². The average molecular weight is 298 g/mol. The van der Waals surface area contributed by atoms with Crippen molar-refractivity contribution in [2.45, 2.75) is 24.8 Å². The van der Waals surface area contributed by atoms with E-state index in [0.717, 1.165) is 6.07 Å². The molecule has 0 spiro atoms. The number of nitrogens with one attached hydrogen (secondary N) is 1. The summed E-state index contributed by atoms with van der Waals surface area (Å²) in [5.41, 5.74) is 5.22. The number of aryl methyl sites for hydroxylation is 1. The molecule has 0 bridgehead atoms. The predicted octanol–water partition coefficient (Wildman–Crippen LogP) is 2.35. The number of hydrogen-bond donors (Lipinski definition) is 2. The number of benzene rings is 1. The fourth-order valence-corrected chi connectivity index (χ4v) is 2.94. The van der Waals surface area contributed by atoms with Gasteiger partial charge in [0.25, 0.3) is 0 Å². The first-order valence-electron chi connectivity index (χ1n) is 5.93. The minimum absolute atomic E-state index is 0.0985. The third-order valence-electron chi connectivity index (χ3n) is 2.80. The molecule has 7 heteroatoms. The molecule has 0 aliphatic rings. The van der Waals surface area contributed by atoms with E-state index in [2.05, 4.69) is 4.72 Å². The number of furan rings is 1. The highest BCUT2D eigenvalue weighted by Crippen LogP contribution is 2.21. The number of nitrogens with two attached hydrogens (primary N) is 1. The maximum absolute atomic E-state index is 13.3. The van der Waals surface area contributed by atoms with Crippen LogP contribution in [0.25, 0.3) is 0 Å². The van der Waals surface area contributed by atoms with E-state index >= 15 is 0 Å². The average Bonchev–Trinajstić information content (AvgIpc) is 2.79. The van der Waals surface area contributed by atoms with Crippen LogP contribution in [0.5, 0.6) is 0 Å². The lowest BCUT2D eigenvalue weighted by molar-refractivity contribution is 0.441.